The average molecular weight is 270 g/mol. The summed E-state index contributed by atoms with van der Waals surface area (Å²) >= 11 is 0. The Morgan fingerprint density at radius 1 is 1.11 bits per heavy atom. The molecular formula is C12H18N2O5. The van der Waals surface area contributed by atoms with E-state index in [1.807, 2.05) is 0 Å². The van der Waals surface area contributed by atoms with Gasteiger partial charge in [-0.3, -0.25) is 14.4 Å². The standard InChI is InChI=1S/C12H18N2O5/c1-3-18-10(15)5-8(6-11(16)19-4-2)9(7-13)12(14)17/h8-9H,3-6H2,1-2H3,(H2,14,17). The molecule has 106 valence electrons. The minimum atomic E-state index is -1.23. The van der Waals surface area contributed by atoms with E-state index >= 15 is 0 Å². The normalized spacial score (nSPS) is 11.5. The number of nitriles is 1. The van der Waals surface area contributed by atoms with Gasteiger partial charge < -0.3 is 15.2 Å². The van der Waals surface area contributed by atoms with Gasteiger partial charge in [0.05, 0.1) is 32.1 Å². The minimum absolute atomic E-state index is 0.179. The largest absolute Gasteiger partial charge is 0.466 e. The van der Waals surface area contributed by atoms with Crippen LogP contribution in [0.25, 0.3) is 0 Å². The van der Waals surface area contributed by atoms with E-state index in [2.05, 4.69) is 0 Å². The van der Waals surface area contributed by atoms with Crippen molar-refractivity contribution in [3.05, 3.63) is 0 Å². The number of nitrogens with two attached hydrogens (primary N) is 1. The maximum atomic E-state index is 11.4. The summed E-state index contributed by atoms with van der Waals surface area (Å²) in [6.45, 7) is 3.62. The van der Waals surface area contributed by atoms with Crippen LogP contribution in [0.1, 0.15) is 26.7 Å². The molecule has 1 atom stereocenters. The number of rotatable bonds is 8. The van der Waals surface area contributed by atoms with Gasteiger partial charge in [-0.1, -0.05) is 0 Å². The molecule has 0 rings (SSSR count). The van der Waals surface area contributed by atoms with Crippen LogP contribution in [0.5, 0.6) is 0 Å². The van der Waals surface area contributed by atoms with Crippen LogP contribution in [0, 0.1) is 23.2 Å². The molecule has 0 aliphatic carbocycles. The fourth-order valence-electron chi connectivity index (χ4n) is 1.58. The molecule has 0 aromatic heterocycles. The van der Waals surface area contributed by atoms with E-state index in [0.29, 0.717) is 0 Å². The lowest BCUT2D eigenvalue weighted by atomic mass is 9.87. The highest BCUT2D eigenvalue weighted by atomic mass is 16.5. The van der Waals surface area contributed by atoms with E-state index in [4.69, 9.17) is 20.5 Å². The number of nitrogens with zero attached hydrogens (tertiary/aromatic N) is 1. The van der Waals surface area contributed by atoms with E-state index in [1.165, 1.54) is 0 Å². The highest BCUT2D eigenvalue weighted by Gasteiger charge is 2.31. The summed E-state index contributed by atoms with van der Waals surface area (Å²) in [5, 5.41) is 8.90. The molecular weight excluding hydrogens is 252 g/mol. The van der Waals surface area contributed by atoms with E-state index < -0.39 is 29.7 Å². The highest BCUT2D eigenvalue weighted by molar-refractivity contribution is 5.82. The van der Waals surface area contributed by atoms with Crippen molar-refractivity contribution < 1.29 is 23.9 Å². The molecule has 0 spiro atoms. The van der Waals surface area contributed by atoms with Crippen LogP contribution in [0.4, 0.5) is 0 Å². The molecule has 0 aromatic carbocycles. The first-order valence-electron chi connectivity index (χ1n) is 5.96. The maximum Gasteiger partial charge on any atom is 0.306 e. The Labute approximate surface area is 111 Å². The second-order valence-electron chi connectivity index (χ2n) is 3.79. The van der Waals surface area contributed by atoms with Gasteiger partial charge in [-0.15, -0.1) is 0 Å². The third-order valence-corrected chi connectivity index (χ3v) is 2.39. The van der Waals surface area contributed by atoms with Gasteiger partial charge in [-0.05, 0) is 13.8 Å². The summed E-state index contributed by atoms with van der Waals surface area (Å²) < 4.78 is 9.47. The van der Waals surface area contributed by atoms with Crippen LogP contribution in [0.2, 0.25) is 0 Å². The zero-order valence-electron chi connectivity index (χ0n) is 11.0. The SMILES string of the molecule is CCOC(=O)CC(CC(=O)OCC)C(C#N)C(N)=O. The highest BCUT2D eigenvalue weighted by Crippen LogP contribution is 2.21. The third kappa shape index (κ3) is 6.41. The molecule has 0 saturated heterocycles. The Morgan fingerprint density at radius 2 is 1.53 bits per heavy atom. The fourth-order valence-corrected chi connectivity index (χ4v) is 1.58. The number of amides is 1. The topological polar surface area (TPSA) is 119 Å². The summed E-state index contributed by atoms with van der Waals surface area (Å²) in [4.78, 5) is 33.9. The molecule has 0 aliphatic heterocycles. The zero-order chi connectivity index (χ0) is 14.8. The van der Waals surface area contributed by atoms with Crippen LogP contribution < -0.4 is 5.73 Å². The van der Waals surface area contributed by atoms with Gasteiger partial charge in [-0.2, -0.15) is 5.26 Å². The van der Waals surface area contributed by atoms with Crippen molar-refractivity contribution in [1.82, 2.24) is 0 Å². The van der Waals surface area contributed by atoms with Gasteiger partial charge in [0.1, 0.15) is 5.92 Å². The predicted octanol–water partition coefficient (Wildman–Crippen LogP) is 0.134. The lowest BCUT2D eigenvalue weighted by Gasteiger charge is -2.17. The van der Waals surface area contributed by atoms with Gasteiger partial charge in [0.25, 0.3) is 0 Å². The molecule has 1 unspecified atom stereocenters. The molecule has 0 saturated carbocycles. The Hall–Kier alpha value is -2.10. The van der Waals surface area contributed by atoms with Crippen LogP contribution >= 0.6 is 0 Å². The quantitative estimate of drug-likeness (QED) is 0.626. The van der Waals surface area contributed by atoms with E-state index in [0.717, 1.165) is 0 Å². The molecule has 1 amide bonds. The Balaban J connectivity index is 4.82. The average Bonchev–Trinajstić information content (AvgIpc) is 2.29. The summed E-state index contributed by atoms with van der Waals surface area (Å²) in [5.74, 6) is -4.10. The molecule has 0 radical (unpaired) electrons. The van der Waals surface area contributed by atoms with Crippen molar-refractivity contribution in [3.8, 4) is 6.07 Å². The van der Waals surface area contributed by atoms with Crippen LogP contribution in [0.15, 0.2) is 0 Å². The van der Waals surface area contributed by atoms with Crippen molar-refractivity contribution in [2.75, 3.05) is 13.2 Å². The molecule has 19 heavy (non-hydrogen) atoms. The van der Waals surface area contributed by atoms with Crippen molar-refractivity contribution in [3.63, 3.8) is 0 Å². The first-order valence-corrected chi connectivity index (χ1v) is 5.96. The Bertz CT molecular complexity index is 355. The molecule has 0 bridgehead atoms. The van der Waals surface area contributed by atoms with Crippen LogP contribution in [-0.2, 0) is 23.9 Å². The van der Waals surface area contributed by atoms with Crippen molar-refractivity contribution in [2.45, 2.75) is 26.7 Å². The van der Waals surface area contributed by atoms with Crippen molar-refractivity contribution >= 4 is 17.8 Å². The summed E-state index contributed by atoms with van der Waals surface area (Å²) in [5.41, 5.74) is 5.08. The van der Waals surface area contributed by atoms with E-state index in [1.54, 1.807) is 19.9 Å². The monoisotopic (exact) mass is 270 g/mol. The van der Waals surface area contributed by atoms with Gasteiger partial charge in [-0.25, -0.2) is 0 Å². The summed E-state index contributed by atoms with van der Waals surface area (Å²) in [6.07, 6.45) is -0.457. The van der Waals surface area contributed by atoms with Gasteiger partial charge in [0.15, 0.2) is 0 Å². The van der Waals surface area contributed by atoms with E-state index in [-0.39, 0.29) is 26.1 Å². The third-order valence-electron chi connectivity index (χ3n) is 2.39. The van der Waals surface area contributed by atoms with Crippen LogP contribution in [-0.4, -0.2) is 31.1 Å². The lowest BCUT2D eigenvalue weighted by Crippen LogP contribution is -2.32. The lowest BCUT2D eigenvalue weighted by molar-refractivity contribution is -0.147. The summed E-state index contributed by atoms with van der Waals surface area (Å²) in [6, 6.07) is 1.71. The first kappa shape index (κ1) is 16.9. The molecule has 7 heteroatoms. The Morgan fingerprint density at radius 3 is 1.79 bits per heavy atom. The molecule has 0 heterocycles. The van der Waals surface area contributed by atoms with Gasteiger partial charge in [0.2, 0.25) is 5.91 Å². The molecule has 0 aliphatic rings. The molecule has 0 aromatic rings. The second kappa shape index (κ2) is 8.91. The van der Waals surface area contributed by atoms with Gasteiger partial charge in [0, 0.05) is 5.92 Å². The number of carbonyl (C=O) groups excluding carboxylic acids is 3. The summed E-state index contributed by atoms with van der Waals surface area (Å²) in [7, 11) is 0. The van der Waals surface area contributed by atoms with E-state index in [9.17, 15) is 14.4 Å². The number of carbonyl (C=O) groups is 3. The first-order chi connectivity index (χ1) is 8.96. The van der Waals surface area contributed by atoms with Crippen molar-refractivity contribution in [1.29, 1.82) is 5.26 Å². The smallest absolute Gasteiger partial charge is 0.306 e. The number of hydrogen-bond donors (Lipinski definition) is 1. The molecule has 7 nitrogen and oxygen atoms in total. The van der Waals surface area contributed by atoms with Crippen molar-refractivity contribution in [2.24, 2.45) is 17.6 Å². The van der Waals surface area contributed by atoms with Crippen LogP contribution in [0.3, 0.4) is 0 Å². The number of esters is 2. The number of ether oxygens (including phenoxy) is 2. The predicted molar refractivity (Wildman–Crippen MR) is 64.3 cm³/mol. The second-order valence-corrected chi connectivity index (χ2v) is 3.79. The number of primary amides is 1. The zero-order valence-corrected chi connectivity index (χ0v) is 11.0. The molecule has 2 N–H and O–H groups in total. The molecule has 0 fully saturated rings. The minimum Gasteiger partial charge on any atom is -0.466 e. The Kier molecular flexibility index (Phi) is 7.93. The number of hydrogen-bond acceptors (Lipinski definition) is 6. The fraction of sp³-hybridized carbons (Fsp3) is 0.667. The maximum absolute atomic E-state index is 11.4. The van der Waals surface area contributed by atoms with Gasteiger partial charge >= 0.3 is 11.9 Å².